The number of benzene rings is 2. The van der Waals surface area contributed by atoms with Gasteiger partial charge < -0.3 is 21.4 Å². The minimum Gasteiger partial charge on any atom is -0.383 e. The average Bonchev–Trinajstić information content (AvgIpc) is 3.98. The molecule has 0 radical (unpaired) electrons. The molecule has 8 aromatic rings. The first-order chi connectivity index (χ1) is 23.0. The number of para-hydroxylation sites is 2. The summed E-state index contributed by atoms with van der Waals surface area (Å²) in [5.41, 5.74) is 20.1. The molecule has 0 saturated heterocycles. The van der Waals surface area contributed by atoms with E-state index >= 15 is 0 Å². The van der Waals surface area contributed by atoms with Crippen molar-refractivity contribution in [3.63, 3.8) is 0 Å². The van der Waals surface area contributed by atoms with Gasteiger partial charge in [0.25, 0.3) is 0 Å². The molecule has 48 heavy (non-hydrogen) atoms. The van der Waals surface area contributed by atoms with E-state index in [0.29, 0.717) is 35.3 Å². The van der Waals surface area contributed by atoms with E-state index in [9.17, 15) is 0 Å². The monoisotopic (exact) mass is 658 g/mol. The van der Waals surface area contributed by atoms with Crippen molar-refractivity contribution in [2.75, 3.05) is 11.5 Å². The van der Waals surface area contributed by atoms with E-state index in [1.54, 1.807) is 0 Å². The number of hydrogen-bond donors (Lipinski definition) is 4. The molecule has 2 fully saturated rings. The van der Waals surface area contributed by atoms with Crippen molar-refractivity contribution in [1.29, 1.82) is 0 Å². The van der Waals surface area contributed by atoms with Crippen LogP contribution in [0.1, 0.15) is 67.7 Å². The van der Waals surface area contributed by atoms with Gasteiger partial charge in [-0.25, -0.2) is 29.3 Å². The second kappa shape index (κ2) is 11.6. The molecule has 242 valence electrons. The number of nitrogens with two attached hydrogens (primary N) is 2. The minimum absolute atomic E-state index is 0. The summed E-state index contributed by atoms with van der Waals surface area (Å²) in [6, 6.07) is 17.3. The predicted molar refractivity (Wildman–Crippen MR) is 190 cm³/mol. The van der Waals surface area contributed by atoms with E-state index in [4.69, 9.17) is 33.3 Å². The minimum atomic E-state index is 0. The van der Waals surface area contributed by atoms with Gasteiger partial charge in [0.1, 0.15) is 29.4 Å². The maximum atomic E-state index is 6.44. The number of rotatable bonds is 6. The third kappa shape index (κ3) is 5.09. The molecule has 0 spiro atoms. The summed E-state index contributed by atoms with van der Waals surface area (Å²) in [7, 11) is 0. The number of fused-ring (bicyclic) bond motifs is 4. The van der Waals surface area contributed by atoms with Crippen molar-refractivity contribution in [2.24, 2.45) is 0 Å². The van der Waals surface area contributed by atoms with Gasteiger partial charge in [-0.2, -0.15) is 10.2 Å². The van der Waals surface area contributed by atoms with E-state index in [2.05, 4.69) is 54.2 Å². The van der Waals surface area contributed by atoms with E-state index < -0.39 is 0 Å². The smallest absolute Gasteiger partial charge is 0.163 e. The summed E-state index contributed by atoms with van der Waals surface area (Å²) in [4.78, 5) is 23.7. The fourth-order valence-electron chi connectivity index (χ4n) is 6.50. The second-order valence-electron chi connectivity index (χ2n) is 12.3. The van der Waals surface area contributed by atoms with Crippen LogP contribution in [-0.4, -0.2) is 49.5 Å². The molecule has 2 aromatic carbocycles. The highest BCUT2D eigenvalue weighted by Crippen LogP contribution is 2.40. The first-order valence-electron chi connectivity index (χ1n) is 15.8. The number of nitrogens with one attached hydrogen (secondary N) is 2. The summed E-state index contributed by atoms with van der Waals surface area (Å²) < 4.78 is 4.02. The van der Waals surface area contributed by atoms with Crippen molar-refractivity contribution in [1.82, 2.24) is 49.5 Å². The Kier molecular flexibility index (Phi) is 7.24. The molecular formula is C35H35ClN12. The molecule has 12 nitrogen and oxygen atoms in total. The fraction of sp³-hybridized carbons (Fsp3) is 0.257. The molecule has 0 atom stereocenters. The molecule has 0 bridgehead atoms. The normalized spacial score (nSPS) is 14.4. The molecule has 6 aromatic heterocycles. The number of nitrogens with zero attached hydrogens (tertiary/aromatic N) is 8. The van der Waals surface area contributed by atoms with Gasteiger partial charge in [0.2, 0.25) is 0 Å². The van der Waals surface area contributed by atoms with Crippen LogP contribution in [0.25, 0.3) is 43.9 Å². The quantitative estimate of drug-likeness (QED) is 0.149. The standard InChI is InChI=1S/C17H15ClN6.C17H16N6.CH4/c18-15-11(10-3-1-2-4-12(10)22-15)7-13-14-16(19)20-8-21-17(14)24(23-13)9-5-6-9;18-16-15-14(7-10-8-19-13-4-2-1-3-12(10)13)22-23(11-5-6-11)17(15)21-9-20-16;/h1-4,8-9,22H,5-7H2,(H2,19,20,21);1-4,8-9,11,19H,5-7H2,(H2,18,20,21);1H4. The Morgan fingerprint density at radius 1 is 0.708 bits per heavy atom. The van der Waals surface area contributed by atoms with Gasteiger partial charge >= 0.3 is 0 Å². The summed E-state index contributed by atoms with van der Waals surface area (Å²) in [6.45, 7) is 0. The molecule has 0 aliphatic heterocycles. The topological polar surface area (TPSA) is 171 Å². The van der Waals surface area contributed by atoms with Crippen LogP contribution < -0.4 is 11.5 Å². The zero-order chi connectivity index (χ0) is 31.6. The lowest BCUT2D eigenvalue weighted by molar-refractivity contribution is 0.648. The Morgan fingerprint density at radius 3 is 1.85 bits per heavy atom. The van der Waals surface area contributed by atoms with Gasteiger partial charge in [-0.05, 0) is 43.4 Å². The molecule has 0 amide bonds. The Balaban J connectivity index is 0.000000137. The van der Waals surface area contributed by atoms with Gasteiger partial charge in [-0.15, -0.1) is 0 Å². The number of aromatic nitrogens is 10. The van der Waals surface area contributed by atoms with E-state index in [-0.39, 0.29) is 7.43 Å². The Bertz CT molecular complexity index is 2440. The molecule has 13 heteroatoms. The number of nitrogen functional groups attached to an aromatic ring is 2. The van der Waals surface area contributed by atoms with Crippen molar-refractivity contribution < 1.29 is 0 Å². The number of halogens is 1. The molecule has 2 saturated carbocycles. The van der Waals surface area contributed by atoms with Crippen LogP contribution >= 0.6 is 11.6 Å². The highest BCUT2D eigenvalue weighted by molar-refractivity contribution is 6.31. The van der Waals surface area contributed by atoms with Crippen LogP contribution in [-0.2, 0) is 12.8 Å². The lowest BCUT2D eigenvalue weighted by Crippen LogP contribution is -1.99. The third-order valence-corrected chi connectivity index (χ3v) is 9.43. The largest absolute Gasteiger partial charge is 0.383 e. The van der Waals surface area contributed by atoms with Crippen molar-refractivity contribution in [3.8, 4) is 0 Å². The zero-order valence-corrected chi connectivity index (χ0v) is 26.1. The fourth-order valence-corrected chi connectivity index (χ4v) is 6.77. The third-order valence-electron chi connectivity index (χ3n) is 9.11. The highest BCUT2D eigenvalue weighted by atomic mass is 35.5. The van der Waals surface area contributed by atoms with Crippen LogP contribution in [0.4, 0.5) is 11.6 Å². The molecule has 6 heterocycles. The maximum absolute atomic E-state index is 6.44. The number of hydrogen-bond acceptors (Lipinski definition) is 8. The van der Waals surface area contributed by atoms with E-state index in [1.807, 2.05) is 39.8 Å². The SMILES string of the molecule is C.Nc1ncnc2c1c(Cc1c(Cl)[nH]c3ccccc13)nn2C1CC1.Nc1ncnc2c1c(Cc1c[nH]c3ccccc13)nn2C1CC1. The van der Waals surface area contributed by atoms with E-state index in [0.717, 1.165) is 87.5 Å². The predicted octanol–water partition coefficient (Wildman–Crippen LogP) is 6.92. The summed E-state index contributed by atoms with van der Waals surface area (Å²) in [6.07, 6.45) is 11.0. The second-order valence-corrected chi connectivity index (χ2v) is 12.7. The first-order valence-corrected chi connectivity index (χ1v) is 16.2. The molecule has 10 rings (SSSR count). The number of aromatic amines is 2. The van der Waals surface area contributed by atoms with Crippen LogP contribution in [0.5, 0.6) is 0 Å². The number of anilines is 2. The van der Waals surface area contributed by atoms with Gasteiger partial charge in [0.05, 0.1) is 34.2 Å². The Hall–Kier alpha value is -5.49. The molecule has 6 N–H and O–H groups in total. The van der Waals surface area contributed by atoms with Gasteiger partial charge in [0.15, 0.2) is 11.3 Å². The molecule has 2 aliphatic rings. The Morgan fingerprint density at radius 2 is 1.25 bits per heavy atom. The van der Waals surface area contributed by atoms with Gasteiger partial charge in [-0.1, -0.05) is 55.4 Å². The molecule has 2 aliphatic carbocycles. The maximum Gasteiger partial charge on any atom is 0.163 e. The molecule has 0 unspecified atom stereocenters. The molecular weight excluding hydrogens is 624 g/mol. The van der Waals surface area contributed by atoms with Gasteiger partial charge in [-0.3, -0.25) is 0 Å². The zero-order valence-electron chi connectivity index (χ0n) is 25.4. The average molecular weight is 659 g/mol. The lowest BCUT2D eigenvalue weighted by atomic mass is 10.1. The Labute approximate surface area is 280 Å². The van der Waals surface area contributed by atoms with Crippen LogP contribution in [0, 0.1) is 0 Å². The van der Waals surface area contributed by atoms with Crippen LogP contribution in [0.2, 0.25) is 5.15 Å². The van der Waals surface area contributed by atoms with Crippen molar-refractivity contribution >= 4 is 67.1 Å². The van der Waals surface area contributed by atoms with Crippen molar-refractivity contribution in [2.45, 2.75) is 58.0 Å². The first kappa shape index (κ1) is 29.9. The van der Waals surface area contributed by atoms with Crippen LogP contribution in [0.15, 0.2) is 67.4 Å². The summed E-state index contributed by atoms with van der Waals surface area (Å²) in [5, 5.41) is 14.3. The lowest BCUT2D eigenvalue weighted by Gasteiger charge is -2.00. The summed E-state index contributed by atoms with van der Waals surface area (Å²) in [5.74, 6) is 0.981. The van der Waals surface area contributed by atoms with Crippen LogP contribution in [0.3, 0.4) is 0 Å². The van der Waals surface area contributed by atoms with Gasteiger partial charge in [0, 0.05) is 46.4 Å². The highest BCUT2D eigenvalue weighted by Gasteiger charge is 2.30. The van der Waals surface area contributed by atoms with Crippen molar-refractivity contribution in [3.05, 3.63) is 95.1 Å². The van der Waals surface area contributed by atoms with E-state index in [1.165, 1.54) is 23.6 Å². The number of H-pyrrole nitrogens is 2. The summed E-state index contributed by atoms with van der Waals surface area (Å²) >= 11 is 6.44.